The van der Waals surface area contributed by atoms with Crippen LogP contribution in [0.3, 0.4) is 0 Å². The van der Waals surface area contributed by atoms with Gasteiger partial charge in [0, 0.05) is 29.1 Å². The summed E-state index contributed by atoms with van der Waals surface area (Å²) in [5.74, 6) is -0.164. The molecule has 0 aliphatic heterocycles. The molecule has 104 valence electrons. The molecule has 0 spiro atoms. The molecular formula is C15H16BrN3O. The molecule has 2 N–H and O–H groups in total. The van der Waals surface area contributed by atoms with E-state index in [1.165, 1.54) is 0 Å². The fourth-order valence-electron chi connectivity index (χ4n) is 1.79. The van der Waals surface area contributed by atoms with Gasteiger partial charge < -0.3 is 10.6 Å². The smallest absolute Gasteiger partial charge is 0.257 e. The Morgan fingerprint density at radius 3 is 2.85 bits per heavy atom. The van der Waals surface area contributed by atoms with Crippen LogP contribution in [-0.2, 0) is 6.54 Å². The molecule has 0 bridgehead atoms. The number of rotatable bonds is 5. The quantitative estimate of drug-likeness (QED) is 0.883. The molecular weight excluding hydrogens is 318 g/mol. The molecule has 1 aromatic heterocycles. The average Bonchev–Trinajstić information content (AvgIpc) is 2.46. The molecule has 1 aromatic carbocycles. The number of pyridine rings is 1. The first-order chi connectivity index (χ1) is 9.70. The van der Waals surface area contributed by atoms with Gasteiger partial charge in [-0.05, 0) is 40.2 Å². The number of nitrogens with zero attached hydrogens (tertiary/aromatic N) is 1. The van der Waals surface area contributed by atoms with Gasteiger partial charge in [-0.2, -0.15) is 0 Å². The van der Waals surface area contributed by atoms with Gasteiger partial charge in [0.25, 0.3) is 5.91 Å². The van der Waals surface area contributed by atoms with E-state index >= 15 is 0 Å². The van der Waals surface area contributed by atoms with Crippen LogP contribution in [0.4, 0.5) is 5.69 Å². The zero-order valence-electron chi connectivity index (χ0n) is 11.2. The minimum Gasteiger partial charge on any atom is -0.322 e. The van der Waals surface area contributed by atoms with Gasteiger partial charge in [0.05, 0.1) is 5.56 Å². The standard InChI is InChI=1S/C15H16BrN3O/c1-2-17-8-11-5-3-4-6-14(11)19-15(20)12-7-13(16)10-18-9-12/h3-7,9-10,17H,2,8H2,1H3,(H,19,20). The van der Waals surface area contributed by atoms with Gasteiger partial charge in [-0.3, -0.25) is 9.78 Å². The summed E-state index contributed by atoms with van der Waals surface area (Å²) >= 11 is 3.31. The van der Waals surface area contributed by atoms with Crippen molar-refractivity contribution in [1.82, 2.24) is 10.3 Å². The average molecular weight is 334 g/mol. The highest BCUT2D eigenvalue weighted by Gasteiger charge is 2.09. The van der Waals surface area contributed by atoms with Crippen LogP contribution in [0, 0.1) is 0 Å². The minimum atomic E-state index is -0.164. The van der Waals surface area contributed by atoms with Crippen LogP contribution < -0.4 is 10.6 Å². The van der Waals surface area contributed by atoms with Crippen molar-refractivity contribution in [3.8, 4) is 0 Å². The van der Waals surface area contributed by atoms with Gasteiger partial charge in [-0.25, -0.2) is 0 Å². The summed E-state index contributed by atoms with van der Waals surface area (Å²) in [5.41, 5.74) is 2.40. The van der Waals surface area contributed by atoms with Crippen LogP contribution in [0.5, 0.6) is 0 Å². The maximum Gasteiger partial charge on any atom is 0.257 e. The van der Waals surface area contributed by atoms with E-state index in [0.717, 1.165) is 28.8 Å². The lowest BCUT2D eigenvalue weighted by atomic mass is 10.1. The van der Waals surface area contributed by atoms with Gasteiger partial charge in [0.1, 0.15) is 0 Å². The van der Waals surface area contributed by atoms with Gasteiger partial charge >= 0.3 is 0 Å². The number of aromatic nitrogens is 1. The number of anilines is 1. The number of amides is 1. The fraction of sp³-hybridized carbons (Fsp3) is 0.200. The van der Waals surface area contributed by atoms with Crippen molar-refractivity contribution in [1.29, 1.82) is 0 Å². The predicted molar refractivity (Wildman–Crippen MR) is 83.7 cm³/mol. The van der Waals surface area contributed by atoms with E-state index in [4.69, 9.17) is 0 Å². The first-order valence-corrected chi connectivity index (χ1v) is 7.20. The summed E-state index contributed by atoms with van der Waals surface area (Å²) in [6.45, 7) is 3.66. The van der Waals surface area contributed by atoms with Crippen LogP contribution in [0.25, 0.3) is 0 Å². The lowest BCUT2D eigenvalue weighted by Crippen LogP contribution is -2.17. The highest BCUT2D eigenvalue weighted by Crippen LogP contribution is 2.17. The maximum atomic E-state index is 12.2. The molecule has 0 unspecified atom stereocenters. The molecule has 20 heavy (non-hydrogen) atoms. The van der Waals surface area contributed by atoms with Crippen molar-refractivity contribution in [2.75, 3.05) is 11.9 Å². The molecule has 0 aliphatic carbocycles. The largest absolute Gasteiger partial charge is 0.322 e. The lowest BCUT2D eigenvalue weighted by Gasteiger charge is -2.11. The van der Waals surface area contributed by atoms with Crippen molar-refractivity contribution >= 4 is 27.5 Å². The fourth-order valence-corrected chi connectivity index (χ4v) is 2.15. The van der Waals surface area contributed by atoms with E-state index < -0.39 is 0 Å². The summed E-state index contributed by atoms with van der Waals surface area (Å²) in [6.07, 6.45) is 3.20. The van der Waals surface area contributed by atoms with E-state index in [1.54, 1.807) is 18.5 Å². The van der Waals surface area contributed by atoms with Crippen LogP contribution in [0.2, 0.25) is 0 Å². The summed E-state index contributed by atoms with van der Waals surface area (Å²) in [5, 5.41) is 6.18. The number of hydrogen-bond donors (Lipinski definition) is 2. The Bertz CT molecular complexity index is 601. The molecule has 5 heteroatoms. The molecule has 0 radical (unpaired) electrons. The molecule has 0 aliphatic rings. The van der Waals surface area contributed by atoms with Gasteiger partial charge in [-0.1, -0.05) is 25.1 Å². The summed E-state index contributed by atoms with van der Waals surface area (Å²) in [6, 6.07) is 9.51. The van der Waals surface area contributed by atoms with Gasteiger partial charge in [0.15, 0.2) is 0 Å². The molecule has 2 rings (SSSR count). The van der Waals surface area contributed by atoms with Crippen LogP contribution in [0.1, 0.15) is 22.8 Å². The molecule has 4 nitrogen and oxygen atoms in total. The second-order valence-corrected chi connectivity index (χ2v) is 5.20. The van der Waals surface area contributed by atoms with Crippen molar-refractivity contribution in [2.24, 2.45) is 0 Å². The number of carbonyl (C=O) groups is 1. The predicted octanol–water partition coefficient (Wildman–Crippen LogP) is 3.21. The zero-order chi connectivity index (χ0) is 14.4. The van der Waals surface area contributed by atoms with Crippen molar-refractivity contribution in [3.05, 3.63) is 58.3 Å². The molecule has 1 amide bonds. The first-order valence-electron chi connectivity index (χ1n) is 6.41. The summed E-state index contributed by atoms with van der Waals surface area (Å²) in [4.78, 5) is 16.2. The lowest BCUT2D eigenvalue weighted by molar-refractivity contribution is 0.102. The first kappa shape index (κ1) is 14.7. The maximum absolute atomic E-state index is 12.2. The second-order valence-electron chi connectivity index (χ2n) is 4.28. The van der Waals surface area contributed by atoms with E-state index in [9.17, 15) is 4.79 Å². The Hall–Kier alpha value is -1.72. The SMILES string of the molecule is CCNCc1ccccc1NC(=O)c1cncc(Br)c1. The molecule has 0 saturated heterocycles. The van der Waals surface area contributed by atoms with Crippen LogP contribution >= 0.6 is 15.9 Å². The highest BCUT2D eigenvalue weighted by molar-refractivity contribution is 9.10. The number of benzene rings is 1. The zero-order valence-corrected chi connectivity index (χ0v) is 12.8. The molecule has 0 saturated carbocycles. The van der Waals surface area contributed by atoms with Crippen LogP contribution in [-0.4, -0.2) is 17.4 Å². The van der Waals surface area contributed by atoms with Crippen molar-refractivity contribution in [3.63, 3.8) is 0 Å². The number of halogens is 1. The Labute approximate surface area is 126 Å². The minimum absolute atomic E-state index is 0.164. The highest BCUT2D eigenvalue weighted by atomic mass is 79.9. The van der Waals surface area contributed by atoms with E-state index in [0.29, 0.717) is 5.56 Å². The van der Waals surface area contributed by atoms with Gasteiger partial charge in [0.2, 0.25) is 0 Å². The summed E-state index contributed by atoms with van der Waals surface area (Å²) < 4.78 is 0.783. The number of nitrogens with one attached hydrogen (secondary N) is 2. The number of hydrogen-bond acceptors (Lipinski definition) is 3. The van der Waals surface area contributed by atoms with E-state index in [2.05, 4.69) is 31.5 Å². The number of carbonyl (C=O) groups excluding carboxylic acids is 1. The Morgan fingerprint density at radius 2 is 2.10 bits per heavy atom. The molecule has 0 fully saturated rings. The third-order valence-corrected chi connectivity index (χ3v) is 3.23. The van der Waals surface area contributed by atoms with Crippen LogP contribution in [0.15, 0.2) is 47.2 Å². The Morgan fingerprint density at radius 1 is 1.30 bits per heavy atom. The Balaban J connectivity index is 2.15. The summed E-state index contributed by atoms with van der Waals surface area (Å²) in [7, 11) is 0. The topological polar surface area (TPSA) is 54.0 Å². The molecule has 0 atom stereocenters. The number of para-hydroxylation sites is 1. The van der Waals surface area contributed by atoms with Crippen molar-refractivity contribution < 1.29 is 4.79 Å². The second kappa shape index (κ2) is 7.17. The monoisotopic (exact) mass is 333 g/mol. The van der Waals surface area contributed by atoms with E-state index in [-0.39, 0.29) is 5.91 Å². The third kappa shape index (κ3) is 3.88. The molecule has 2 aromatic rings. The molecule has 1 heterocycles. The third-order valence-electron chi connectivity index (χ3n) is 2.80. The van der Waals surface area contributed by atoms with Gasteiger partial charge in [-0.15, -0.1) is 0 Å². The Kier molecular flexibility index (Phi) is 5.26. The van der Waals surface area contributed by atoms with Crippen molar-refractivity contribution in [2.45, 2.75) is 13.5 Å². The normalized spacial score (nSPS) is 10.3. The van der Waals surface area contributed by atoms with E-state index in [1.807, 2.05) is 31.2 Å².